The van der Waals surface area contributed by atoms with Crippen LogP contribution in [0.3, 0.4) is 0 Å². The quantitative estimate of drug-likeness (QED) is 0.591. The van der Waals surface area contributed by atoms with Crippen molar-refractivity contribution < 1.29 is 19.5 Å². The number of carboxylic acids is 1. The first-order chi connectivity index (χ1) is 7.79. The predicted octanol–water partition coefficient (Wildman–Crippen LogP) is -0.388. The molecule has 0 saturated carbocycles. The molecule has 0 saturated heterocycles. The Labute approximate surface area is 100.0 Å². The number of primary amides is 1. The number of likely N-dealkylation sites (N-methyl/N-ethyl adjacent to an activating group) is 1. The highest BCUT2D eigenvalue weighted by Crippen LogP contribution is 2.10. The minimum atomic E-state index is -1.11. The molecule has 4 N–H and O–H groups in total. The van der Waals surface area contributed by atoms with Gasteiger partial charge in [0, 0.05) is 7.05 Å². The number of nitrogens with one attached hydrogen (secondary N) is 1. The number of nitrogens with zero attached hydrogens (tertiary/aromatic N) is 1. The van der Waals surface area contributed by atoms with Crippen LogP contribution >= 0.6 is 0 Å². The summed E-state index contributed by atoms with van der Waals surface area (Å²) in [4.78, 5) is 34.3. The van der Waals surface area contributed by atoms with Gasteiger partial charge in [-0.05, 0) is 5.92 Å². The molecule has 0 aliphatic rings. The number of rotatable bonds is 6. The normalized spacial score (nSPS) is 13.6. The van der Waals surface area contributed by atoms with Gasteiger partial charge in [-0.15, -0.1) is 0 Å². The molecule has 0 spiro atoms. The highest BCUT2D eigenvalue weighted by Gasteiger charge is 2.28. The fourth-order valence-corrected chi connectivity index (χ4v) is 1.35. The van der Waals surface area contributed by atoms with Gasteiger partial charge < -0.3 is 21.1 Å². The van der Waals surface area contributed by atoms with E-state index in [1.807, 2.05) is 6.92 Å². The van der Waals surface area contributed by atoms with Gasteiger partial charge in [-0.1, -0.05) is 20.3 Å². The summed E-state index contributed by atoms with van der Waals surface area (Å²) < 4.78 is 0. The molecule has 0 radical (unpaired) electrons. The lowest BCUT2D eigenvalue weighted by Crippen LogP contribution is -2.52. The highest BCUT2D eigenvalue weighted by atomic mass is 16.4. The maximum absolute atomic E-state index is 11.9. The number of urea groups is 1. The van der Waals surface area contributed by atoms with Crippen molar-refractivity contribution in [2.45, 2.75) is 26.3 Å². The largest absolute Gasteiger partial charge is 0.480 e. The van der Waals surface area contributed by atoms with Crippen molar-refractivity contribution in [2.75, 3.05) is 13.6 Å². The molecule has 0 bridgehead atoms. The molecule has 7 nitrogen and oxygen atoms in total. The molecule has 3 amide bonds. The predicted molar refractivity (Wildman–Crippen MR) is 61.2 cm³/mol. The summed E-state index contributed by atoms with van der Waals surface area (Å²) in [6.07, 6.45) is 0.664. The molecule has 0 aromatic carbocycles. The molecule has 2 unspecified atom stereocenters. The Bertz CT molecular complexity index is 306. The maximum atomic E-state index is 11.9. The van der Waals surface area contributed by atoms with Crippen LogP contribution in [-0.4, -0.2) is 47.5 Å². The summed E-state index contributed by atoms with van der Waals surface area (Å²) in [6.45, 7) is 3.24. The molecule has 0 fully saturated rings. The SMILES string of the molecule is CCC(C)C(NC(N)=O)C(=O)N(C)CC(=O)O. The Morgan fingerprint density at radius 3 is 2.29 bits per heavy atom. The minimum absolute atomic E-state index is 0.119. The fourth-order valence-electron chi connectivity index (χ4n) is 1.35. The first-order valence-corrected chi connectivity index (χ1v) is 5.32. The molecule has 0 rings (SSSR count). The van der Waals surface area contributed by atoms with Crippen LogP contribution in [0.1, 0.15) is 20.3 Å². The Morgan fingerprint density at radius 1 is 1.41 bits per heavy atom. The van der Waals surface area contributed by atoms with Crippen LogP contribution in [0.15, 0.2) is 0 Å². The number of amides is 3. The van der Waals surface area contributed by atoms with Crippen LogP contribution in [0.5, 0.6) is 0 Å². The van der Waals surface area contributed by atoms with E-state index in [-0.39, 0.29) is 5.92 Å². The fraction of sp³-hybridized carbons (Fsp3) is 0.700. The maximum Gasteiger partial charge on any atom is 0.323 e. The average molecular weight is 245 g/mol. The zero-order valence-electron chi connectivity index (χ0n) is 10.3. The molecule has 0 aromatic rings. The molecule has 17 heavy (non-hydrogen) atoms. The summed E-state index contributed by atoms with van der Waals surface area (Å²) in [5, 5.41) is 10.9. The standard InChI is InChI=1S/C10H19N3O4/c1-4-6(2)8(12-10(11)17)9(16)13(3)5-7(14)15/h6,8H,4-5H2,1-3H3,(H,14,15)(H3,11,12,17). The third-order valence-electron chi connectivity index (χ3n) is 2.53. The number of aliphatic carboxylic acids is 1. The van der Waals surface area contributed by atoms with E-state index in [1.165, 1.54) is 7.05 Å². The van der Waals surface area contributed by atoms with Crippen molar-refractivity contribution in [1.82, 2.24) is 10.2 Å². The van der Waals surface area contributed by atoms with Crippen molar-refractivity contribution in [2.24, 2.45) is 11.7 Å². The molecule has 0 aliphatic carbocycles. The highest BCUT2D eigenvalue weighted by molar-refractivity contribution is 5.88. The van der Waals surface area contributed by atoms with Gasteiger partial charge in [0.2, 0.25) is 5.91 Å². The van der Waals surface area contributed by atoms with Crippen molar-refractivity contribution >= 4 is 17.9 Å². The zero-order chi connectivity index (χ0) is 13.6. The third kappa shape index (κ3) is 5.19. The Balaban J connectivity index is 4.73. The molecule has 7 heteroatoms. The van der Waals surface area contributed by atoms with Crippen molar-refractivity contribution in [3.63, 3.8) is 0 Å². The van der Waals surface area contributed by atoms with E-state index in [2.05, 4.69) is 5.32 Å². The third-order valence-corrected chi connectivity index (χ3v) is 2.53. The molecule has 98 valence electrons. The van der Waals surface area contributed by atoms with Gasteiger partial charge in [-0.25, -0.2) is 4.79 Å². The van der Waals surface area contributed by atoms with Gasteiger partial charge in [0.05, 0.1) is 0 Å². The van der Waals surface area contributed by atoms with E-state index in [0.717, 1.165) is 4.90 Å². The number of carboxylic acid groups (broad SMARTS) is 1. The summed E-state index contributed by atoms with van der Waals surface area (Å²) >= 11 is 0. The van der Waals surface area contributed by atoms with Gasteiger partial charge in [0.1, 0.15) is 12.6 Å². The van der Waals surface area contributed by atoms with E-state index in [9.17, 15) is 14.4 Å². The van der Waals surface area contributed by atoms with Gasteiger partial charge in [0.25, 0.3) is 0 Å². The average Bonchev–Trinajstić information content (AvgIpc) is 2.22. The van der Waals surface area contributed by atoms with E-state index >= 15 is 0 Å². The Kier molecular flexibility index (Phi) is 6.01. The molecule has 0 aliphatic heterocycles. The van der Waals surface area contributed by atoms with Crippen molar-refractivity contribution in [1.29, 1.82) is 0 Å². The second-order valence-corrected chi connectivity index (χ2v) is 3.96. The smallest absolute Gasteiger partial charge is 0.323 e. The monoisotopic (exact) mass is 245 g/mol. The van der Waals surface area contributed by atoms with E-state index in [4.69, 9.17) is 10.8 Å². The zero-order valence-corrected chi connectivity index (χ0v) is 10.3. The van der Waals surface area contributed by atoms with Crippen LogP contribution < -0.4 is 11.1 Å². The minimum Gasteiger partial charge on any atom is -0.480 e. The first kappa shape index (κ1) is 15.2. The van der Waals surface area contributed by atoms with Crippen molar-refractivity contribution in [3.05, 3.63) is 0 Å². The lowest BCUT2D eigenvalue weighted by Gasteiger charge is -2.26. The van der Waals surface area contributed by atoms with Gasteiger partial charge in [-0.2, -0.15) is 0 Å². The van der Waals surface area contributed by atoms with Crippen LogP contribution in [-0.2, 0) is 9.59 Å². The van der Waals surface area contributed by atoms with Crippen molar-refractivity contribution in [3.8, 4) is 0 Å². The molecular weight excluding hydrogens is 226 g/mol. The second-order valence-electron chi connectivity index (χ2n) is 3.96. The summed E-state index contributed by atoms with van der Waals surface area (Å²) in [6, 6.07) is -1.59. The number of carbonyl (C=O) groups is 3. The Hall–Kier alpha value is -1.79. The van der Waals surface area contributed by atoms with Gasteiger partial charge >= 0.3 is 12.0 Å². The second kappa shape index (κ2) is 6.72. The number of carbonyl (C=O) groups excluding carboxylic acids is 2. The van der Waals surface area contributed by atoms with Crippen LogP contribution in [0, 0.1) is 5.92 Å². The molecular formula is C10H19N3O4. The van der Waals surface area contributed by atoms with Crippen LogP contribution in [0.2, 0.25) is 0 Å². The molecule has 2 atom stereocenters. The van der Waals surface area contributed by atoms with Gasteiger partial charge in [-0.3, -0.25) is 9.59 Å². The van der Waals surface area contributed by atoms with Crippen LogP contribution in [0.25, 0.3) is 0 Å². The molecule has 0 aromatic heterocycles. The first-order valence-electron chi connectivity index (χ1n) is 5.32. The van der Waals surface area contributed by atoms with Crippen LogP contribution in [0.4, 0.5) is 4.79 Å². The summed E-state index contributed by atoms with van der Waals surface area (Å²) in [7, 11) is 1.37. The Morgan fingerprint density at radius 2 is 1.94 bits per heavy atom. The topological polar surface area (TPSA) is 113 Å². The van der Waals surface area contributed by atoms with E-state index < -0.39 is 30.5 Å². The summed E-state index contributed by atoms with van der Waals surface area (Å²) in [5.41, 5.74) is 4.99. The number of nitrogens with two attached hydrogens (primary N) is 1. The summed E-state index contributed by atoms with van der Waals surface area (Å²) in [5.74, 6) is -1.69. The lowest BCUT2D eigenvalue weighted by atomic mass is 9.98. The van der Waals surface area contributed by atoms with Gasteiger partial charge in [0.15, 0.2) is 0 Å². The van der Waals surface area contributed by atoms with E-state index in [0.29, 0.717) is 6.42 Å². The lowest BCUT2D eigenvalue weighted by molar-refractivity contribution is -0.144. The molecule has 0 heterocycles. The van der Waals surface area contributed by atoms with E-state index in [1.54, 1.807) is 6.92 Å². The number of hydrogen-bond donors (Lipinski definition) is 3. The number of hydrogen-bond acceptors (Lipinski definition) is 3.